The van der Waals surface area contributed by atoms with Crippen LogP contribution in [0, 0.1) is 24.1 Å². The average molecular weight is 347 g/mol. The molecule has 5 heteroatoms. The summed E-state index contributed by atoms with van der Waals surface area (Å²) >= 11 is 0. The minimum Gasteiger partial charge on any atom is -0.348 e. The lowest BCUT2D eigenvalue weighted by atomic mass is 9.96. The quantitative estimate of drug-likeness (QED) is 0.774. The van der Waals surface area contributed by atoms with Gasteiger partial charge in [-0.3, -0.25) is 9.78 Å². The van der Waals surface area contributed by atoms with Crippen molar-refractivity contribution in [2.24, 2.45) is 0 Å². The third-order valence-electron chi connectivity index (χ3n) is 4.36. The van der Waals surface area contributed by atoms with Gasteiger partial charge in [0.15, 0.2) is 0 Å². The minimum atomic E-state index is -0.340. The first-order valence-electron chi connectivity index (χ1n) is 8.40. The summed E-state index contributed by atoms with van der Waals surface area (Å²) in [5.74, 6) is -0.612. The van der Waals surface area contributed by atoms with Gasteiger partial charge in [0.2, 0.25) is 0 Å². The number of carbonyl (C=O) groups is 1. The van der Waals surface area contributed by atoms with Gasteiger partial charge in [-0.25, -0.2) is 4.39 Å². The zero-order chi connectivity index (χ0) is 18.7. The van der Waals surface area contributed by atoms with Crippen molar-refractivity contribution in [3.05, 3.63) is 76.2 Å². The van der Waals surface area contributed by atoms with E-state index in [4.69, 9.17) is 0 Å². The highest BCUT2D eigenvalue weighted by molar-refractivity contribution is 6.02. The third-order valence-corrected chi connectivity index (χ3v) is 4.36. The Bertz CT molecular complexity index is 1040. The number of amides is 1. The van der Waals surface area contributed by atoms with E-state index in [1.165, 1.54) is 12.1 Å². The number of hydrogen-bond acceptors (Lipinski definition) is 3. The van der Waals surface area contributed by atoms with Crippen LogP contribution in [0.4, 0.5) is 4.39 Å². The molecule has 0 radical (unpaired) electrons. The van der Waals surface area contributed by atoms with Crippen molar-refractivity contribution < 1.29 is 9.18 Å². The van der Waals surface area contributed by atoms with E-state index in [1.54, 1.807) is 24.3 Å². The van der Waals surface area contributed by atoms with E-state index in [-0.39, 0.29) is 18.3 Å². The Labute approximate surface area is 151 Å². The maximum Gasteiger partial charge on any atom is 0.253 e. The van der Waals surface area contributed by atoms with Crippen LogP contribution in [0.25, 0.3) is 10.9 Å². The summed E-state index contributed by atoms with van der Waals surface area (Å²) in [7, 11) is 0. The normalized spacial score (nSPS) is 10.5. The molecule has 0 atom stereocenters. The first-order chi connectivity index (χ1) is 12.5. The smallest absolute Gasteiger partial charge is 0.253 e. The molecular formula is C21H18FN3O. The lowest BCUT2D eigenvalue weighted by Crippen LogP contribution is -2.25. The molecule has 0 aliphatic rings. The summed E-state index contributed by atoms with van der Waals surface area (Å²) in [6.07, 6.45) is 0.594. The Morgan fingerprint density at radius 1 is 1.27 bits per heavy atom. The van der Waals surface area contributed by atoms with Gasteiger partial charge in [-0.05, 0) is 48.7 Å². The molecule has 26 heavy (non-hydrogen) atoms. The van der Waals surface area contributed by atoms with Gasteiger partial charge in [0, 0.05) is 11.9 Å². The van der Waals surface area contributed by atoms with Gasteiger partial charge in [0.25, 0.3) is 5.91 Å². The zero-order valence-electron chi connectivity index (χ0n) is 14.6. The molecule has 1 N–H and O–H groups in total. The topological polar surface area (TPSA) is 65.8 Å². The summed E-state index contributed by atoms with van der Waals surface area (Å²) in [5, 5.41) is 12.9. The average Bonchev–Trinajstić information content (AvgIpc) is 2.65. The maximum absolute atomic E-state index is 13.3. The maximum atomic E-state index is 13.3. The number of nitrogens with zero attached hydrogens (tertiary/aromatic N) is 2. The third kappa shape index (κ3) is 3.27. The fraction of sp³-hybridized carbons (Fsp3) is 0.190. The molecule has 0 saturated carbocycles. The number of halogens is 1. The number of fused-ring (bicyclic) bond motifs is 1. The minimum absolute atomic E-state index is 0.219. The van der Waals surface area contributed by atoms with Gasteiger partial charge in [0.1, 0.15) is 5.82 Å². The first-order valence-corrected chi connectivity index (χ1v) is 8.40. The van der Waals surface area contributed by atoms with Gasteiger partial charge in [-0.15, -0.1) is 0 Å². The van der Waals surface area contributed by atoms with Crippen molar-refractivity contribution in [2.75, 3.05) is 0 Å². The number of carbonyl (C=O) groups excluding carboxylic acids is 1. The Hall–Kier alpha value is -3.26. The second kappa shape index (κ2) is 7.32. The largest absolute Gasteiger partial charge is 0.348 e. The summed E-state index contributed by atoms with van der Waals surface area (Å²) in [4.78, 5) is 17.4. The predicted molar refractivity (Wildman–Crippen MR) is 98.1 cm³/mol. The molecule has 0 unspecified atom stereocenters. The Morgan fingerprint density at radius 3 is 2.73 bits per heavy atom. The summed E-state index contributed by atoms with van der Waals surface area (Å²) in [6, 6.07) is 13.6. The number of nitrogens with one attached hydrogen (secondary N) is 1. The first kappa shape index (κ1) is 17.6. The molecule has 3 aromatic rings. The zero-order valence-corrected chi connectivity index (χ0v) is 14.6. The lowest BCUT2D eigenvalue weighted by molar-refractivity contribution is 0.0949. The van der Waals surface area contributed by atoms with Gasteiger partial charge < -0.3 is 5.32 Å². The second-order valence-corrected chi connectivity index (χ2v) is 6.04. The molecular weight excluding hydrogens is 329 g/mol. The van der Waals surface area contributed by atoms with Crippen LogP contribution >= 0.6 is 0 Å². The molecule has 0 aliphatic heterocycles. The molecule has 4 nitrogen and oxygen atoms in total. The van der Waals surface area contributed by atoms with Gasteiger partial charge in [-0.1, -0.05) is 25.1 Å². The van der Waals surface area contributed by atoms with Crippen LogP contribution in [0.1, 0.15) is 39.7 Å². The highest BCUT2D eigenvalue weighted by Gasteiger charge is 2.19. The summed E-state index contributed by atoms with van der Waals surface area (Å²) < 4.78 is 13.3. The summed E-state index contributed by atoms with van der Waals surface area (Å²) in [5.41, 5.74) is 3.79. The molecule has 1 amide bonds. The second-order valence-electron chi connectivity index (χ2n) is 6.04. The van der Waals surface area contributed by atoms with Crippen molar-refractivity contribution >= 4 is 16.8 Å². The van der Waals surface area contributed by atoms with E-state index >= 15 is 0 Å². The molecule has 1 heterocycles. The number of pyridine rings is 1. The standard InChI is InChI=1S/C21H18FN3O/c1-3-17-20(21(26)24-12-14-6-4-8-16(22)10-14)13(2)19-15(11-23)7-5-9-18(19)25-17/h4-10H,3,12H2,1-2H3,(H,24,26). The molecule has 0 bridgehead atoms. The van der Waals surface area contributed by atoms with E-state index < -0.39 is 0 Å². The van der Waals surface area contributed by atoms with Crippen LogP contribution in [0.2, 0.25) is 0 Å². The van der Waals surface area contributed by atoms with Crippen LogP contribution in [0.5, 0.6) is 0 Å². The van der Waals surface area contributed by atoms with Crippen LogP contribution in [-0.2, 0) is 13.0 Å². The Morgan fingerprint density at radius 2 is 2.04 bits per heavy atom. The van der Waals surface area contributed by atoms with E-state index in [0.717, 1.165) is 5.56 Å². The number of rotatable bonds is 4. The highest BCUT2D eigenvalue weighted by atomic mass is 19.1. The van der Waals surface area contributed by atoms with Crippen LogP contribution in [0.3, 0.4) is 0 Å². The van der Waals surface area contributed by atoms with Crippen molar-refractivity contribution in [3.63, 3.8) is 0 Å². The number of nitriles is 1. The molecule has 3 rings (SSSR count). The number of benzene rings is 2. The van der Waals surface area contributed by atoms with E-state index in [2.05, 4.69) is 16.4 Å². The van der Waals surface area contributed by atoms with Crippen LogP contribution in [0.15, 0.2) is 42.5 Å². The van der Waals surface area contributed by atoms with Gasteiger partial charge in [0.05, 0.1) is 28.4 Å². The number of hydrogen-bond donors (Lipinski definition) is 1. The molecule has 2 aromatic carbocycles. The number of aromatic nitrogens is 1. The van der Waals surface area contributed by atoms with E-state index in [9.17, 15) is 14.4 Å². The van der Waals surface area contributed by atoms with Crippen molar-refractivity contribution in [3.8, 4) is 6.07 Å². The van der Waals surface area contributed by atoms with Crippen molar-refractivity contribution in [2.45, 2.75) is 26.8 Å². The SMILES string of the molecule is CCc1nc2cccc(C#N)c2c(C)c1C(=O)NCc1cccc(F)c1. The van der Waals surface area contributed by atoms with Crippen LogP contribution < -0.4 is 5.32 Å². The predicted octanol–water partition coefficient (Wildman–Crippen LogP) is 4.05. The van der Waals surface area contributed by atoms with E-state index in [1.807, 2.05) is 19.9 Å². The lowest BCUT2D eigenvalue weighted by Gasteiger charge is -2.15. The molecule has 130 valence electrons. The van der Waals surface area contributed by atoms with Crippen LogP contribution in [-0.4, -0.2) is 10.9 Å². The summed E-state index contributed by atoms with van der Waals surface area (Å²) in [6.45, 7) is 3.99. The fourth-order valence-corrected chi connectivity index (χ4v) is 3.14. The molecule has 0 fully saturated rings. The number of aryl methyl sites for hydroxylation is 2. The fourth-order valence-electron chi connectivity index (χ4n) is 3.14. The molecule has 1 aromatic heterocycles. The van der Waals surface area contributed by atoms with Gasteiger partial charge in [-0.2, -0.15) is 5.26 Å². The highest BCUT2D eigenvalue weighted by Crippen LogP contribution is 2.26. The van der Waals surface area contributed by atoms with E-state index in [0.29, 0.717) is 39.7 Å². The molecule has 0 spiro atoms. The van der Waals surface area contributed by atoms with Gasteiger partial charge >= 0.3 is 0 Å². The molecule has 0 saturated heterocycles. The molecule has 0 aliphatic carbocycles. The van der Waals surface area contributed by atoms with Crippen molar-refractivity contribution in [1.82, 2.24) is 10.3 Å². The Kier molecular flexibility index (Phi) is 4.94. The Balaban J connectivity index is 2.01. The van der Waals surface area contributed by atoms with Crippen molar-refractivity contribution in [1.29, 1.82) is 5.26 Å². The monoisotopic (exact) mass is 347 g/mol.